The number of ether oxygens (including phenoxy) is 1. The Kier molecular flexibility index (Phi) is 6.93. The molecule has 0 fully saturated rings. The Morgan fingerprint density at radius 1 is 1.36 bits per heavy atom. The van der Waals surface area contributed by atoms with E-state index in [0.29, 0.717) is 19.6 Å². The minimum atomic E-state index is 0.191. The summed E-state index contributed by atoms with van der Waals surface area (Å²) < 4.78 is 4.92. The Morgan fingerprint density at radius 2 is 2.00 bits per heavy atom. The van der Waals surface area contributed by atoms with Gasteiger partial charge in [-0.2, -0.15) is 0 Å². The van der Waals surface area contributed by atoms with Crippen LogP contribution in [0.3, 0.4) is 0 Å². The largest absolute Gasteiger partial charge is 0.379 e. The topological polar surface area (TPSA) is 38.7 Å². The number of carbonyl (C=O) groups is 1. The number of rotatable bonds is 6. The van der Waals surface area contributed by atoms with Crippen molar-refractivity contribution in [2.45, 2.75) is 27.2 Å². The zero-order chi connectivity index (χ0) is 11.0. The van der Waals surface area contributed by atoms with Crippen LogP contribution < -0.4 is 0 Å². The first-order chi connectivity index (χ1) is 6.56. The van der Waals surface area contributed by atoms with Crippen LogP contribution in [0.2, 0.25) is 0 Å². The molecule has 0 radical (unpaired) electrons. The molecule has 0 rings (SSSR count). The van der Waals surface area contributed by atoms with Gasteiger partial charge in [0.1, 0.15) is 5.78 Å². The standard InChI is InChI=1S/C11H19NO2/c1-9(7-11(3)13)5-6-12-10(2)8-14-4/h5H,6-8H2,1-4H3/b9-5+,12-10?. The molecule has 0 aromatic rings. The average molecular weight is 197 g/mol. The summed E-state index contributed by atoms with van der Waals surface area (Å²) in [6.07, 6.45) is 2.50. The molecule has 14 heavy (non-hydrogen) atoms. The summed E-state index contributed by atoms with van der Waals surface area (Å²) in [5.74, 6) is 0.191. The highest BCUT2D eigenvalue weighted by Gasteiger charge is 1.94. The van der Waals surface area contributed by atoms with E-state index in [9.17, 15) is 4.79 Å². The number of ketones is 1. The van der Waals surface area contributed by atoms with Crippen LogP contribution in [-0.2, 0) is 9.53 Å². The Hall–Kier alpha value is -0.960. The van der Waals surface area contributed by atoms with E-state index >= 15 is 0 Å². The van der Waals surface area contributed by atoms with Crippen molar-refractivity contribution in [1.29, 1.82) is 0 Å². The molecular formula is C11H19NO2. The van der Waals surface area contributed by atoms with E-state index < -0.39 is 0 Å². The molecule has 80 valence electrons. The summed E-state index contributed by atoms with van der Waals surface area (Å²) in [7, 11) is 1.65. The first kappa shape index (κ1) is 13.0. The van der Waals surface area contributed by atoms with Gasteiger partial charge in [-0.05, 0) is 20.8 Å². The zero-order valence-electron chi connectivity index (χ0n) is 9.46. The van der Waals surface area contributed by atoms with Crippen LogP contribution in [0.1, 0.15) is 27.2 Å². The third-order valence-electron chi connectivity index (χ3n) is 1.68. The van der Waals surface area contributed by atoms with Crippen LogP contribution in [-0.4, -0.2) is 31.8 Å². The number of aliphatic imine (C=N–C) groups is 1. The van der Waals surface area contributed by atoms with E-state index in [-0.39, 0.29) is 5.78 Å². The van der Waals surface area contributed by atoms with E-state index in [1.165, 1.54) is 0 Å². The van der Waals surface area contributed by atoms with E-state index in [2.05, 4.69) is 4.99 Å². The quantitative estimate of drug-likeness (QED) is 0.482. The van der Waals surface area contributed by atoms with Gasteiger partial charge in [-0.25, -0.2) is 0 Å². The van der Waals surface area contributed by atoms with Crippen molar-refractivity contribution in [2.24, 2.45) is 4.99 Å². The lowest BCUT2D eigenvalue weighted by atomic mass is 10.1. The lowest BCUT2D eigenvalue weighted by Gasteiger charge is -1.98. The molecule has 0 aromatic heterocycles. The number of hydrogen-bond acceptors (Lipinski definition) is 3. The Bertz CT molecular complexity index is 242. The Morgan fingerprint density at radius 3 is 2.50 bits per heavy atom. The molecule has 0 saturated heterocycles. The zero-order valence-corrected chi connectivity index (χ0v) is 9.46. The van der Waals surface area contributed by atoms with Gasteiger partial charge in [0.25, 0.3) is 0 Å². The minimum Gasteiger partial charge on any atom is -0.379 e. The molecule has 0 aromatic carbocycles. The van der Waals surface area contributed by atoms with Gasteiger partial charge in [-0.1, -0.05) is 11.6 Å². The maximum Gasteiger partial charge on any atom is 0.133 e. The summed E-state index contributed by atoms with van der Waals surface area (Å²) in [5, 5.41) is 0. The third kappa shape index (κ3) is 7.68. The highest BCUT2D eigenvalue weighted by molar-refractivity contribution is 5.83. The van der Waals surface area contributed by atoms with Crippen LogP contribution in [0.4, 0.5) is 0 Å². The van der Waals surface area contributed by atoms with Gasteiger partial charge in [0.15, 0.2) is 0 Å². The smallest absolute Gasteiger partial charge is 0.133 e. The monoisotopic (exact) mass is 197 g/mol. The maximum atomic E-state index is 10.8. The molecular weight excluding hydrogens is 178 g/mol. The fourth-order valence-corrected chi connectivity index (χ4v) is 1.08. The Labute approximate surface area is 85.9 Å². The SMILES string of the molecule is COCC(C)=NC/C=C(\C)CC(C)=O. The summed E-state index contributed by atoms with van der Waals surface area (Å²) >= 11 is 0. The first-order valence-electron chi connectivity index (χ1n) is 4.70. The first-order valence-corrected chi connectivity index (χ1v) is 4.70. The highest BCUT2D eigenvalue weighted by Crippen LogP contribution is 1.99. The number of allylic oxidation sites excluding steroid dienone is 1. The number of methoxy groups -OCH3 is 1. The van der Waals surface area contributed by atoms with Gasteiger partial charge < -0.3 is 4.74 Å². The van der Waals surface area contributed by atoms with Crippen LogP contribution >= 0.6 is 0 Å². The molecule has 0 spiro atoms. The van der Waals surface area contributed by atoms with Crippen LogP contribution in [0.15, 0.2) is 16.6 Å². The highest BCUT2D eigenvalue weighted by atomic mass is 16.5. The van der Waals surface area contributed by atoms with Crippen LogP contribution in [0.5, 0.6) is 0 Å². The molecule has 0 unspecified atom stereocenters. The van der Waals surface area contributed by atoms with Gasteiger partial charge in [-0.15, -0.1) is 0 Å². The van der Waals surface area contributed by atoms with Crippen molar-refractivity contribution < 1.29 is 9.53 Å². The van der Waals surface area contributed by atoms with Crippen molar-refractivity contribution >= 4 is 11.5 Å². The molecule has 0 aliphatic carbocycles. The van der Waals surface area contributed by atoms with Gasteiger partial charge in [-0.3, -0.25) is 9.79 Å². The normalized spacial score (nSPS) is 13.1. The second kappa shape index (κ2) is 7.44. The number of Topliss-reactive ketones (excluding diaryl/α,β-unsaturated/α-hetero) is 1. The van der Waals surface area contributed by atoms with Crippen LogP contribution in [0, 0.1) is 0 Å². The molecule has 3 nitrogen and oxygen atoms in total. The van der Waals surface area contributed by atoms with Gasteiger partial charge in [0, 0.05) is 19.2 Å². The average Bonchev–Trinajstić information content (AvgIpc) is 2.02. The summed E-state index contributed by atoms with van der Waals surface area (Å²) in [4.78, 5) is 15.0. The third-order valence-corrected chi connectivity index (χ3v) is 1.68. The summed E-state index contributed by atoms with van der Waals surface area (Å²) in [5.41, 5.74) is 2.05. The van der Waals surface area contributed by atoms with Crippen LogP contribution in [0.25, 0.3) is 0 Å². The second-order valence-corrected chi connectivity index (χ2v) is 3.44. The predicted octanol–water partition coefficient (Wildman–Crippen LogP) is 2.02. The molecule has 0 N–H and O–H groups in total. The van der Waals surface area contributed by atoms with E-state index in [1.54, 1.807) is 14.0 Å². The molecule has 3 heteroatoms. The van der Waals surface area contributed by atoms with Crippen molar-refractivity contribution in [3.63, 3.8) is 0 Å². The number of carbonyl (C=O) groups excluding carboxylic acids is 1. The molecule has 0 amide bonds. The van der Waals surface area contributed by atoms with E-state index in [1.807, 2.05) is 19.9 Å². The summed E-state index contributed by atoms with van der Waals surface area (Å²) in [6.45, 7) is 6.67. The molecule has 0 heterocycles. The maximum absolute atomic E-state index is 10.8. The predicted molar refractivity (Wildman–Crippen MR) is 58.9 cm³/mol. The molecule has 0 aliphatic rings. The van der Waals surface area contributed by atoms with Crippen molar-refractivity contribution in [3.8, 4) is 0 Å². The molecule has 0 saturated carbocycles. The van der Waals surface area contributed by atoms with Gasteiger partial charge in [0.2, 0.25) is 0 Å². The fourth-order valence-electron chi connectivity index (χ4n) is 1.08. The van der Waals surface area contributed by atoms with E-state index in [4.69, 9.17) is 4.74 Å². The number of hydrogen-bond donors (Lipinski definition) is 0. The van der Waals surface area contributed by atoms with Gasteiger partial charge in [0.05, 0.1) is 13.2 Å². The lowest BCUT2D eigenvalue weighted by Crippen LogP contribution is -2.02. The van der Waals surface area contributed by atoms with Crippen molar-refractivity contribution in [2.75, 3.05) is 20.3 Å². The van der Waals surface area contributed by atoms with E-state index in [0.717, 1.165) is 11.3 Å². The second-order valence-electron chi connectivity index (χ2n) is 3.44. The fraction of sp³-hybridized carbons (Fsp3) is 0.636. The van der Waals surface area contributed by atoms with Crippen molar-refractivity contribution in [3.05, 3.63) is 11.6 Å². The molecule has 0 aliphatic heterocycles. The Balaban J connectivity index is 3.90. The van der Waals surface area contributed by atoms with Gasteiger partial charge >= 0.3 is 0 Å². The van der Waals surface area contributed by atoms with Crippen molar-refractivity contribution in [1.82, 2.24) is 0 Å². The summed E-state index contributed by atoms with van der Waals surface area (Å²) in [6, 6.07) is 0. The molecule has 0 bridgehead atoms. The number of nitrogens with zero attached hydrogens (tertiary/aromatic N) is 1. The lowest BCUT2D eigenvalue weighted by molar-refractivity contribution is -0.116. The minimum absolute atomic E-state index is 0.191. The molecule has 0 atom stereocenters.